The average molecular weight is 338 g/mol. The number of likely N-dealkylation sites (N-methyl/N-ethyl adjacent to an activating group) is 1. The molecule has 0 unspecified atom stereocenters. The molecule has 0 atom stereocenters. The van der Waals surface area contributed by atoms with Crippen LogP contribution in [0.3, 0.4) is 0 Å². The van der Waals surface area contributed by atoms with Gasteiger partial charge in [0, 0.05) is 25.8 Å². The number of carbonyl (C=O) groups is 1. The molecule has 0 bridgehead atoms. The molecule has 1 aliphatic heterocycles. The van der Waals surface area contributed by atoms with Crippen LogP contribution in [0.1, 0.15) is 24.5 Å². The highest BCUT2D eigenvalue weighted by Crippen LogP contribution is 2.26. The van der Waals surface area contributed by atoms with Crippen LogP contribution in [0.15, 0.2) is 48.5 Å². The standard InChI is InChI=1S/C21H26N2O2/c1-3-25-19-12-10-17(11-13-19)15-22(2)21(24)16-23-14-6-8-18-7-4-5-9-20(18)23/h4-5,7,9-13H,3,6,8,14-16H2,1-2H3. The van der Waals surface area contributed by atoms with E-state index in [4.69, 9.17) is 4.74 Å². The third-order valence-corrected chi connectivity index (χ3v) is 4.61. The predicted molar refractivity (Wildman–Crippen MR) is 101 cm³/mol. The van der Waals surface area contributed by atoms with E-state index in [-0.39, 0.29) is 5.91 Å². The number of benzene rings is 2. The van der Waals surface area contributed by atoms with Crippen molar-refractivity contribution < 1.29 is 9.53 Å². The molecule has 1 aliphatic rings. The monoisotopic (exact) mass is 338 g/mol. The normalized spacial score (nSPS) is 13.3. The van der Waals surface area contributed by atoms with Crippen LogP contribution in [-0.2, 0) is 17.8 Å². The smallest absolute Gasteiger partial charge is 0.242 e. The van der Waals surface area contributed by atoms with E-state index in [1.165, 1.54) is 11.3 Å². The molecule has 4 heteroatoms. The van der Waals surface area contributed by atoms with E-state index in [2.05, 4.69) is 23.1 Å². The number of hydrogen-bond donors (Lipinski definition) is 0. The molecule has 4 nitrogen and oxygen atoms in total. The molecule has 0 radical (unpaired) electrons. The zero-order valence-corrected chi connectivity index (χ0v) is 15.1. The molecule has 1 heterocycles. The summed E-state index contributed by atoms with van der Waals surface area (Å²) in [5.74, 6) is 1.01. The van der Waals surface area contributed by atoms with Crippen LogP contribution in [0.25, 0.3) is 0 Å². The molecular formula is C21H26N2O2. The van der Waals surface area contributed by atoms with Gasteiger partial charge >= 0.3 is 0 Å². The van der Waals surface area contributed by atoms with Crippen LogP contribution in [0, 0.1) is 0 Å². The van der Waals surface area contributed by atoms with Crippen molar-refractivity contribution in [3.8, 4) is 5.75 Å². The summed E-state index contributed by atoms with van der Waals surface area (Å²) >= 11 is 0. The summed E-state index contributed by atoms with van der Waals surface area (Å²) < 4.78 is 5.46. The fourth-order valence-corrected chi connectivity index (χ4v) is 3.28. The number of ether oxygens (including phenoxy) is 1. The van der Waals surface area contributed by atoms with Crippen LogP contribution < -0.4 is 9.64 Å². The maximum Gasteiger partial charge on any atom is 0.242 e. The van der Waals surface area contributed by atoms with Crippen molar-refractivity contribution in [2.45, 2.75) is 26.3 Å². The summed E-state index contributed by atoms with van der Waals surface area (Å²) in [6.07, 6.45) is 2.20. The Morgan fingerprint density at radius 3 is 2.68 bits per heavy atom. The van der Waals surface area contributed by atoms with Gasteiger partial charge < -0.3 is 14.5 Å². The molecule has 2 aromatic carbocycles. The quantitative estimate of drug-likeness (QED) is 0.808. The first-order chi connectivity index (χ1) is 12.2. The van der Waals surface area contributed by atoms with Crippen LogP contribution >= 0.6 is 0 Å². The Balaban J connectivity index is 1.60. The molecule has 0 fully saturated rings. The summed E-state index contributed by atoms with van der Waals surface area (Å²) in [6.45, 7) is 4.62. The molecule has 0 spiro atoms. The van der Waals surface area contributed by atoms with Crippen LogP contribution in [0.5, 0.6) is 5.75 Å². The maximum absolute atomic E-state index is 12.7. The van der Waals surface area contributed by atoms with Crippen molar-refractivity contribution in [2.75, 3.05) is 31.6 Å². The lowest BCUT2D eigenvalue weighted by Gasteiger charge is -2.32. The van der Waals surface area contributed by atoms with Gasteiger partial charge in [0.15, 0.2) is 0 Å². The van der Waals surface area contributed by atoms with Crippen LogP contribution in [-0.4, -0.2) is 37.6 Å². The molecule has 0 N–H and O–H groups in total. The lowest BCUT2D eigenvalue weighted by molar-refractivity contribution is -0.128. The minimum absolute atomic E-state index is 0.144. The van der Waals surface area contributed by atoms with Crippen molar-refractivity contribution in [1.29, 1.82) is 0 Å². The number of carbonyl (C=O) groups excluding carboxylic acids is 1. The van der Waals surface area contributed by atoms with Gasteiger partial charge in [-0.2, -0.15) is 0 Å². The van der Waals surface area contributed by atoms with Gasteiger partial charge in [0.1, 0.15) is 5.75 Å². The number of fused-ring (bicyclic) bond motifs is 1. The van der Waals surface area contributed by atoms with E-state index in [1.54, 1.807) is 4.90 Å². The lowest BCUT2D eigenvalue weighted by atomic mass is 10.0. The molecule has 0 aliphatic carbocycles. The molecule has 2 aromatic rings. The molecule has 25 heavy (non-hydrogen) atoms. The Hall–Kier alpha value is -2.49. The lowest BCUT2D eigenvalue weighted by Crippen LogP contribution is -2.40. The third kappa shape index (κ3) is 4.32. The first-order valence-corrected chi connectivity index (χ1v) is 8.96. The Bertz CT molecular complexity index is 712. The fraction of sp³-hybridized carbons (Fsp3) is 0.381. The molecule has 1 amide bonds. The van der Waals surface area contributed by atoms with Crippen molar-refractivity contribution in [2.24, 2.45) is 0 Å². The second-order valence-electron chi connectivity index (χ2n) is 6.48. The molecule has 132 valence electrons. The second kappa shape index (κ2) is 8.06. The Kier molecular flexibility index (Phi) is 5.59. The second-order valence-corrected chi connectivity index (χ2v) is 6.48. The minimum atomic E-state index is 0.144. The molecule has 0 aromatic heterocycles. The van der Waals surface area contributed by atoms with Gasteiger partial charge in [0.2, 0.25) is 5.91 Å². The van der Waals surface area contributed by atoms with Gasteiger partial charge in [0.05, 0.1) is 13.2 Å². The third-order valence-electron chi connectivity index (χ3n) is 4.61. The number of anilines is 1. The van der Waals surface area contributed by atoms with E-state index in [0.717, 1.165) is 30.7 Å². The van der Waals surface area contributed by atoms with Crippen molar-refractivity contribution in [1.82, 2.24) is 4.90 Å². The Morgan fingerprint density at radius 1 is 1.16 bits per heavy atom. The average Bonchev–Trinajstić information content (AvgIpc) is 2.64. The molecule has 0 saturated carbocycles. The first-order valence-electron chi connectivity index (χ1n) is 8.96. The summed E-state index contributed by atoms with van der Waals surface area (Å²) in [5.41, 5.74) is 3.66. The largest absolute Gasteiger partial charge is 0.494 e. The van der Waals surface area contributed by atoms with E-state index < -0.39 is 0 Å². The van der Waals surface area contributed by atoms with Crippen LogP contribution in [0.2, 0.25) is 0 Å². The zero-order valence-electron chi connectivity index (χ0n) is 15.1. The van der Waals surface area contributed by atoms with Gasteiger partial charge in [-0.25, -0.2) is 0 Å². The van der Waals surface area contributed by atoms with Crippen LogP contribution in [0.4, 0.5) is 5.69 Å². The molecular weight excluding hydrogens is 312 g/mol. The van der Waals surface area contributed by atoms with Gasteiger partial charge in [-0.1, -0.05) is 30.3 Å². The maximum atomic E-state index is 12.7. The van der Waals surface area contributed by atoms with Gasteiger partial charge in [-0.05, 0) is 49.1 Å². The highest BCUT2D eigenvalue weighted by molar-refractivity contribution is 5.81. The molecule has 3 rings (SSSR count). The zero-order chi connectivity index (χ0) is 17.6. The topological polar surface area (TPSA) is 32.8 Å². The van der Waals surface area contributed by atoms with Crippen molar-refractivity contribution >= 4 is 11.6 Å². The number of hydrogen-bond acceptors (Lipinski definition) is 3. The summed E-state index contributed by atoms with van der Waals surface area (Å²) in [4.78, 5) is 16.7. The number of aryl methyl sites for hydroxylation is 1. The number of amides is 1. The summed E-state index contributed by atoms with van der Waals surface area (Å²) in [7, 11) is 1.87. The SMILES string of the molecule is CCOc1ccc(CN(C)C(=O)CN2CCCc3ccccc32)cc1. The Labute approximate surface area is 150 Å². The number of rotatable bonds is 6. The fourth-order valence-electron chi connectivity index (χ4n) is 3.28. The minimum Gasteiger partial charge on any atom is -0.494 e. The number of para-hydroxylation sites is 1. The number of nitrogens with zero attached hydrogens (tertiary/aromatic N) is 2. The summed E-state index contributed by atoms with van der Waals surface area (Å²) in [5, 5.41) is 0. The van der Waals surface area contributed by atoms with Crippen molar-refractivity contribution in [3.05, 3.63) is 59.7 Å². The first kappa shape index (κ1) is 17.3. The van der Waals surface area contributed by atoms with E-state index in [9.17, 15) is 4.79 Å². The predicted octanol–water partition coefficient (Wildman–Crippen LogP) is 3.50. The Morgan fingerprint density at radius 2 is 1.92 bits per heavy atom. The van der Waals surface area contributed by atoms with E-state index in [0.29, 0.717) is 19.7 Å². The van der Waals surface area contributed by atoms with Gasteiger partial charge in [-0.3, -0.25) is 4.79 Å². The van der Waals surface area contributed by atoms with E-state index in [1.807, 2.05) is 44.3 Å². The highest BCUT2D eigenvalue weighted by Gasteiger charge is 2.20. The van der Waals surface area contributed by atoms with Gasteiger partial charge in [0.25, 0.3) is 0 Å². The molecule has 0 saturated heterocycles. The van der Waals surface area contributed by atoms with Crippen molar-refractivity contribution in [3.63, 3.8) is 0 Å². The van der Waals surface area contributed by atoms with E-state index >= 15 is 0 Å². The van der Waals surface area contributed by atoms with Gasteiger partial charge in [-0.15, -0.1) is 0 Å². The summed E-state index contributed by atoms with van der Waals surface area (Å²) in [6, 6.07) is 16.4. The highest BCUT2D eigenvalue weighted by atomic mass is 16.5.